The Balaban J connectivity index is 2.67. The van der Waals surface area contributed by atoms with E-state index >= 15 is 0 Å². The lowest BCUT2D eigenvalue weighted by atomic mass is 10.2. The van der Waals surface area contributed by atoms with Crippen LogP contribution in [-0.2, 0) is 11.3 Å². The standard InChI is InChI=1S/C12H18N2O3/c1-14(12(16)11(15)7-13)8-9-4-3-5-10(6-9)17-2/h3-6,11,15H,7-8,13H2,1-2H3. The zero-order valence-electron chi connectivity index (χ0n) is 10.1. The zero-order chi connectivity index (χ0) is 12.8. The van der Waals surface area contributed by atoms with Gasteiger partial charge in [0, 0.05) is 20.1 Å². The first-order valence-electron chi connectivity index (χ1n) is 5.34. The first kappa shape index (κ1) is 13.5. The van der Waals surface area contributed by atoms with Gasteiger partial charge in [-0.3, -0.25) is 4.79 Å². The molecule has 0 saturated heterocycles. The summed E-state index contributed by atoms with van der Waals surface area (Å²) in [6.07, 6.45) is -1.13. The van der Waals surface area contributed by atoms with E-state index in [0.717, 1.165) is 11.3 Å². The van der Waals surface area contributed by atoms with Crippen LogP contribution in [0.2, 0.25) is 0 Å². The maximum atomic E-state index is 11.6. The first-order valence-corrected chi connectivity index (χ1v) is 5.34. The first-order chi connectivity index (χ1) is 8.08. The van der Waals surface area contributed by atoms with Crippen LogP contribution in [0.3, 0.4) is 0 Å². The Labute approximate surface area is 101 Å². The molecule has 0 spiro atoms. The lowest BCUT2D eigenvalue weighted by molar-refractivity contribution is -0.138. The van der Waals surface area contributed by atoms with Crippen LogP contribution in [0, 0.1) is 0 Å². The average Bonchev–Trinajstić information content (AvgIpc) is 2.37. The topological polar surface area (TPSA) is 75.8 Å². The predicted molar refractivity (Wildman–Crippen MR) is 64.5 cm³/mol. The summed E-state index contributed by atoms with van der Waals surface area (Å²) >= 11 is 0. The third kappa shape index (κ3) is 3.72. The number of carbonyl (C=O) groups excluding carboxylic acids is 1. The summed E-state index contributed by atoms with van der Waals surface area (Å²) in [4.78, 5) is 13.0. The molecule has 0 heterocycles. The number of benzene rings is 1. The van der Waals surface area contributed by atoms with Crippen molar-refractivity contribution in [2.45, 2.75) is 12.6 Å². The number of hydrogen-bond acceptors (Lipinski definition) is 4. The van der Waals surface area contributed by atoms with E-state index in [0.29, 0.717) is 6.54 Å². The quantitative estimate of drug-likeness (QED) is 0.755. The highest BCUT2D eigenvalue weighted by Crippen LogP contribution is 2.14. The van der Waals surface area contributed by atoms with Gasteiger partial charge in [0.1, 0.15) is 11.9 Å². The number of nitrogens with zero attached hydrogens (tertiary/aromatic N) is 1. The maximum absolute atomic E-state index is 11.6. The Bertz CT molecular complexity index is 382. The summed E-state index contributed by atoms with van der Waals surface area (Å²) in [5, 5.41) is 9.33. The van der Waals surface area contributed by atoms with Crippen LogP contribution in [0.1, 0.15) is 5.56 Å². The highest BCUT2D eigenvalue weighted by Gasteiger charge is 2.17. The summed E-state index contributed by atoms with van der Waals surface area (Å²) in [5.74, 6) is 0.359. The van der Waals surface area contributed by atoms with E-state index in [1.54, 1.807) is 14.2 Å². The number of ether oxygens (including phenoxy) is 1. The molecule has 0 saturated carbocycles. The van der Waals surface area contributed by atoms with Crippen molar-refractivity contribution in [2.24, 2.45) is 5.73 Å². The van der Waals surface area contributed by atoms with Gasteiger partial charge in [0.2, 0.25) is 0 Å². The second kappa shape index (κ2) is 6.22. The van der Waals surface area contributed by atoms with Gasteiger partial charge in [0.25, 0.3) is 5.91 Å². The minimum atomic E-state index is -1.13. The molecule has 1 amide bonds. The van der Waals surface area contributed by atoms with Crippen molar-refractivity contribution in [1.29, 1.82) is 0 Å². The summed E-state index contributed by atoms with van der Waals surface area (Å²) < 4.78 is 5.09. The van der Waals surface area contributed by atoms with E-state index in [9.17, 15) is 9.90 Å². The number of aliphatic hydroxyl groups is 1. The van der Waals surface area contributed by atoms with Crippen molar-refractivity contribution in [1.82, 2.24) is 4.90 Å². The summed E-state index contributed by atoms with van der Waals surface area (Å²) in [7, 11) is 3.22. The second-order valence-corrected chi connectivity index (χ2v) is 3.80. The number of likely N-dealkylation sites (N-methyl/N-ethyl adjacent to an activating group) is 1. The average molecular weight is 238 g/mol. The van der Waals surface area contributed by atoms with Crippen LogP contribution >= 0.6 is 0 Å². The van der Waals surface area contributed by atoms with Gasteiger partial charge in [0.15, 0.2) is 0 Å². The molecule has 0 radical (unpaired) electrons. The van der Waals surface area contributed by atoms with E-state index in [4.69, 9.17) is 10.5 Å². The number of amides is 1. The summed E-state index contributed by atoms with van der Waals surface area (Å²) in [6, 6.07) is 7.42. The molecular formula is C12H18N2O3. The molecule has 0 aliphatic rings. The highest BCUT2D eigenvalue weighted by molar-refractivity contribution is 5.80. The Hall–Kier alpha value is -1.59. The van der Waals surface area contributed by atoms with Gasteiger partial charge in [-0.25, -0.2) is 0 Å². The third-order valence-electron chi connectivity index (χ3n) is 2.44. The Morgan fingerprint density at radius 3 is 2.88 bits per heavy atom. The van der Waals surface area contributed by atoms with Crippen molar-refractivity contribution in [3.8, 4) is 5.75 Å². The smallest absolute Gasteiger partial charge is 0.252 e. The highest BCUT2D eigenvalue weighted by atomic mass is 16.5. The van der Waals surface area contributed by atoms with Crippen molar-refractivity contribution >= 4 is 5.91 Å². The molecule has 3 N–H and O–H groups in total. The van der Waals surface area contributed by atoms with Gasteiger partial charge < -0.3 is 20.5 Å². The van der Waals surface area contributed by atoms with E-state index < -0.39 is 6.10 Å². The van der Waals surface area contributed by atoms with Gasteiger partial charge in [-0.05, 0) is 17.7 Å². The molecule has 94 valence electrons. The minimum absolute atomic E-state index is 0.0682. The fourth-order valence-electron chi connectivity index (χ4n) is 1.48. The Morgan fingerprint density at radius 1 is 1.59 bits per heavy atom. The third-order valence-corrected chi connectivity index (χ3v) is 2.44. The molecular weight excluding hydrogens is 220 g/mol. The monoisotopic (exact) mass is 238 g/mol. The summed E-state index contributed by atoms with van der Waals surface area (Å²) in [6.45, 7) is 0.342. The van der Waals surface area contributed by atoms with Crippen LogP contribution in [-0.4, -0.2) is 42.7 Å². The van der Waals surface area contributed by atoms with E-state index in [1.165, 1.54) is 4.90 Å². The number of nitrogens with two attached hydrogens (primary N) is 1. The normalized spacial score (nSPS) is 12.0. The molecule has 0 aliphatic heterocycles. The molecule has 0 aromatic heterocycles. The van der Waals surface area contributed by atoms with Crippen LogP contribution in [0.5, 0.6) is 5.75 Å². The van der Waals surface area contributed by atoms with Crippen molar-refractivity contribution < 1.29 is 14.6 Å². The van der Waals surface area contributed by atoms with Gasteiger partial charge in [-0.2, -0.15) is 0 Å². The van der Waals surface area contributed by atoms with Gasteiger partial charge in [0.05, 0.1) is 7.11 Å². The number of methoxy groups -OCH3 is 1. The Morgan fingerprint density at radius 2 is 2.29 bits per heavy atom. The van der Waals surface area contributed by atoms with Crippen LogP contribution in [0.4, 0.5) is 0 Å². The molecule has 5 heteroatoms. The van der Waals surface area contributed by atoms with Crippen LogP contribution in [0.15, 0.2) is 24.3 Å². The molecule has 0 bridgehead atoms. The Kier molecular flexibility index (Phi) is 4.93. The number of rotatable bonds is 5. The fraction of sp³-hybridized carbons (Fsp3) is 0.417. The van der Waals surface area contributed by atoms with Gasteiger partial charge in [-0.15, -0.1) is 0 Å². The van der Waals surface area contributed by atoms with Crippen LogP contribution < -0.4 is 10.5 Å². The number of aliphatic hydroxyl groups excluding tert-OH is 1. The van der Waals surface area contributed by atoms with Crippen molar-refractivity contribution in [3.63, 3.8) is 0 Å². The lowest BCUT2D eigenvalue weighted by Gasteiger charge is -2.20. The largest absolute Gasteiger partial charge is 0.497 e. The molecule has 5 nitrogen and oxygen atoms in total. The number of carbonyl (C=O) groups is 1. The molecule has 1 unspecified atom stereocenters. The fourth-order valence-corrected chi connectivity index (χ4v) is 1.48. The molecule has 1 aromatic carbocycles. The molecule has 0 fully saturated rings. The van der Waals surface area contributed by atoms with Gasteiger partial charge in [-0.1, -0.05) is 12.1 Å². The van der Waals surface area contributed by atoms with Crippen molar-refractivity contribution in [3.05, 3.63) is 29.8 Å². The SMILES string of the molecule is COc1cccc(CN(C)C(=O)C(O)CN)c1. The lowest BCUT2D eigenvalue weighted by Crippen LogP contribution is -2.40. The van der Waals surface area contributed by atoms with E-state index in [1.807, 2.05) is 24.3 Å². The molecule has 17 heavy (non-hydrogen) atoms. The van der Waals surface area contributed by atoms with E-state index in [-0.39, 0.29) is 12.5 Å². The predicted octanol–water partition coefficient (Wildman–Crippen LogP) is -0.0268. The number of hydrogen-bond donors (Lipinski definition) is 2. The molecule has 1 aromatic rings. The van der Waals surface area contributed by atoms with E-state index in [2.05, 4.69) is 0 Å². The van der Waals surface area contributed by atoms with Gasteiger partial charge >= 0.3 is 0 Å². The molecule has 1 rings (SSSR count). The zero-order valence-corrected chi connectivity index (χ0v) is 10.1. The molecule has 0 aliphatic carbocycles. The van der Waals surface area contributed by atoms with Crippen molar-refractivity contribution in [2.75, 3.05) is 20.7 Å². The maximum Gasteiger partial charge on any atom is 0.252 e. The summed E-state index contributed by atoms with van der Waals surface area (Å²) in [5.41, 5.74) is 6.17. The van der Waals surface area contributed by atoms with Crippen LogP contribution in [0.25, 0.3) is 0 Å². The molecule has 1 atom stereocenters. The second-order valence-electron chi connectivity index (χ2n) is 3.80. The minimum Gasteiger partial charge on any atom is -0.497 e.